The van der Waals surface area contributed by atoms with Gasteiger partial charge >= 0.3 is 5.97 Å². The minimum Gasteiger partial charge on any atom is -0.461 e. The van der Waals surface area contributed by atoms with Crippen molar-refractivity contribution in [3.05, 3.63) is 11.5 Å². The van der Waals surface area contributed by atoms with Crippen molar-refractivity contribution in [2.75, 3.05) is 32.7 Å². The zero-order chi connectivity index (χ0) is 19.6. The lowest BCUT2D eigenvalue weighted by Gasteiger charge is -2.34. The fraction of sp³-hybridized carbons (Fsp3) is 0.778. The van der Waals surface area contributed by atoms with Crippen molar-refractivity contribution in [2.45, 2.75) is 57.5 Å². The number of ether oxygens (including phenoxy) is 1. The third-order valence-corrected chi connectivity index (χ3v) is 7.59. The quantitative estimate of drug-likeness (QED) is 0.696. The lowest BCUT2D eigenvalue weighted by atomic mass is 9.99. The molecule has 2 aliphatic heterocycles. The number of rotatable bonds is 5. The van der Waals surface area contributed by atoms with Crippen molar-refractivity contribution in [3.8, 4) is 0 Å². The lowest BCUT2D eigenvalue weighted by molar-refractivity contribution is -0.157. The maximum atomic E-state index is 13.0. The third-order valence-electron chi connectivity index (χ3n) is 5.48. The van der Waals surface area contributed by atoms with Gasteiger partial charge in [0.15, 0.2) is 5.76 Å². The second-order valence-corrected chi connectivity index (χ2v) is 9.32. The third kappa shape index (κ3) is 4.35. The molecule has 0 aromatic carbocycles. The van der Waals surface area contributed by atoms with Crippen LogP contribution in [0.2, 0.25) is 0 Å². The summed E-state index contributed by atoms with van der Waals surface area (Å²) in [7, 11) is -3.73. The number of likely N-dealkylation sites (tertiary alicyclic amines) is 1. The highest BCUT2D eigenvalue weighted by Crippen LogP contribution is 2.28. The standard InChI is InChI=1S/C18H29N3O5S/c1-4-20-9-6-8-16(12-20)25-18(22)15-7-5-10-21(11-15)27(23,24)17-13(2)19-26-14(17)3/h15-16H,4-12H2,1-3H3. The molecule has 1 aromatic rings. The number of carbonyl (C=O) groups is 1. The van der Waals surface area contributed by atoms with Crippen LogP contribution in [0.5, 0.6) is 0 Å². The first kappa shape index (κ1) is 20.3. The molecule has 3 heterocycles. The van der Waals surface area contributed by atoms with Crippen LogP contribution in [0.25, 0.3) is 0 Å². The van der Waals surface area contributed by atoms with Crippen LogP contribution in [0.4, 0.5) is 0 Å². The monoisotopic (exact) mass is 399 g/mol. The Morgan fingerprint density at radius 2 is 1.96 bits per heavy atom. The second-order valence-electron chi connectivity index (χ2n) is 7.45. The van der Waals surface area contributed by atoms with E-state index in [2.05, 4.69) is 17.0 Å². The maximum Gasteiger partial charge on any atom is 0.310 e. The summed E-state index contributed by atoms with van der Waals surface area (Å²) in [6, 6.07) is 0. The van der Waals surface area contributed by atoms with E-state index in [1.54, 1.807) is 13.8 Å². The number of sulfonamides is 1. The van der Waals surface area contributed by atoms with Crippen molar-refractivity contribution in [3.63, 3.8) is 0 Å². The van der Waals surface area contributed by atoms with Gasteiger partial charge in [-0.1, -0.05) is 12.1 Å². The smallest absolute Gasteiger partial charge is 0.310 e. The number of nitrogens with zero attached hydrogens (tertiary/aromatic N) is 3. The molecule has 3 rings (SSSR count). The molecule has 2 unspecified atom stereocenters. The zero-order valence-corrected chi connectivity index (χ0v) is 17.1. The Balaban J connectivity index is 1.66. The summed E-state index contributed by atoms with van der Waals surface area (Å²) in [5.74, 6) is -0.429. The summed E-state index contributed by atoms with van der Waals surface area (Å²) in [6.45, 7) is 8.59. The molecule has 0 saturated carbocycles. The Kier molecular flexibility index (Phi) is 6.22. The van der Waals surface area contributed by atoms with Gasteiger partial charge in [-0.2, -0.15) is 4.31 Å². The van der Waals surface area contributed by atoms with Gasteiger partial charge in [0.1, 0.15) is 16.7 Å². The topological polar surface area (TPSA) is 93.0 Å². The first-order chi connectivity index (χ1) is 12.8. The molecule has 0 spiro atoms. The normalized spacial score (nSPS) is 25.4. The molecule has 8 nitrogen and oxygen atoms in total. The lowest BCUT2D eigenvalue weighted by Crippen LogP contribution is -2.45. The Hall–Kier alpha value is -1.45. The summed E-state index contributed by atoms with van der Waals surface area (Å²) in [5.41, 5.74) is 0.346. The Labute approximate surface area is 160 Å². The van der Waals surface area contributed by atoms with Crippen LogP contribution in [0.15, 0.2) is 9.42 Å². The number of carbonyl (C=O) groups excluding carboxylic acids is 1. The van der Waals surface area contributed by atoms with Crippen LogP contribution < -0.4 is 0 Å². The molecule has 2 saturated heterocycles. The minimum absolute atomic E-state index is 0.0965. The summed E-state index contributed by atoms with van der Waals surface area (Å²) in [5, 5.41) is 3.75. The van der Waals surface area contributed by atoms with E-state index in [4.69, 9.17) is 9.26 Å². The molecule has 2 fully saturated rings. The van der Waals surface area contributed by atoms with Gasteiger partial charge in [-0.25, -0.2) is 8.42 Å². The Morgan fingerprint density at radius 3 is 2.63 bits per heavy atom. The van der Waals surface area contributed by atoms with Crippen LogP contribution in [0, 0.1) is 19.8 Å². The molecular formula is C18H29N3O5S. The molecule has 152 valence electrons. The summed E-state index contributed by atoms with van der Waals surface area (Å²) >= 11 is 0. The largest absolute Gasteiger partial charge is 0.461 e. The number of piperidine rings is 2. The van der Waals surface area contributed by atoms with E-state index in [1.165, 1.54) is 4.31 Å². The first-order valence-corrected chi connectivity index (χ1v) is 11.1. The average molecular weight is 400 g/mol. The van der Waals surface area contributed by atoms with E-state index in [0.717, 1.165) is 32.5 Å². The summed E-state index contributed by atoms with van der Waals surface area (Å²) in [6.07, 6.45) is 3.07. The molecule has 2 aliphatic rings. The van der Waals surface area contributed by atoms with Gasteiger partial charge in [-0.3, -0.25) is 9.69 Å². The van der Waals surface area contributed by atoms with Crippen molar-refractivity contribution < 1.29 is 22.5 Å². The summed E-state index contributed by atoms with van der Waals surface area (Å²) < 4.78 is 38.1. The zero-order valence-electron chi connectivity index (χ0n) is 16.3. The molecular weight excluding hydrogens is 370 g/mol. The predicted octanol–water partition coefficient (Wildman–Crippen LogP) is 1.72. The molecule has 0 amide bonds. The molecule has 9 heteroatoms. The van der Waals surface area contributed by atoms with E-state index in [1.807, 2.05) is 0 Å². The van der Waals surface area contributed by atoms with Gasteiger partial charge < -0.3 is 9.26 Å². The highest BCUT2D eigenvalue weighted by molar-refractivity contribution is 7.89. The molecule has 0 N–H and O–H groups in total. The van der Waals surface area contributed by atoms with E-state index in [0.29, 0.717) is 25.1 Å². The van der Waals surface area contributed by atoms with E-state index in [-0.39, 0.29) is 29.3 Å². The second kappa shape index (κ2) is 8.28. The van der Waals surface area contributed by atoms with Gasteiger partial charge in [0.05, 0.1) is 5.92 Å². The van der Waals surface area contributed by atoms with Crippen molar-refractivity contribution in [1.29, 1.82) is 0 Å². The molecule has 0 bridgehead atoms. The number of aromatic nitrogens is 1. The molecule has 1 aromatic heterocycles. The first-order valence-electron chi connectivity index (χ1n) is 9.68. The molecule has 0 radical (unpaired) electrons. The fourth-order valence-electron chi connectivity index (χ4n) is 3.98. The SMILES string of the molecule is CCN1CCCC(OC(=O)C2CCCN(S(=O)(=O)c3c(C)noc3C)C2)C1. The summed E-state index contributed by atoms with van der Waals surface area (Å²) in [4.78, 5) is 15.0. The van der Waals surface area contributed by atoms with Gasteiger partial charge in [0, 0.05) is 19.6 Å². The average Bonchev–Trinajstić information content (AvgIpc) is 3.01. The highest BCUT2D eigenvalue weighted by Gasteiger charge is 2.37. The number of hydrogen-bond donors (Lipinski definition) is 0. The van der Waals surface area contributed by atoms with Crippen LogP contribution >= 0.6 is 0 Å². The van der Waals surface area contributed by atoms with Crippen LogP contribution in [0.3, 0.4) is 0 Å². The number of hydrogen-bond acceptors (Lipinski definition) is 7. The van der Waals surface area contributed by atoms with E-state index >= 15 is 0 Å². The van der Waals surface area contributed by atoms with Crippen molar-refractivity contribution in [1.82, 2.24) is 14.4 Å². The van der Waals surface area contributed by atoms with Gasteiger partial charge in [0.2, 0.25) is 10.0 Å². The van der Waals surface area contributed by atoms with Gasteiger partial charge in [-0.05, 0) is 52.6 Å². The van der Waals surface area contributed by atoms with E-state index < -0.39 is 15.9 Å². The maximum absolute atomic E-state index is 13.0. The molecule has 0 aliphatic carbocycles. The molecule has 27 heavy (non-hydrogen) atoms. The van der Waals surface area contributed by atoms with Crippen LogP contribution in [-0.2, 0) is 19.6 Å². The molecule has 2 atom stereocenters. The fourth-order valence-corrected chi connectivity index (χ4v) is 5.80. The number of likely N-dealkylation sites (N-methyl/N-ethyl adjacent to an activating group) is 1. The number of aryl methyl sites for hydroxylation is 2. The van der Waals surface area contributed by atoms with Crippen LogP contribution in [0.1, 0.15) is 44.1 Å². The highest BCUT2D eigenvalue weighted by atomic mass is 32.2. The minimum atomic E-state index is -3.73. The Bertz CT molecular complexity index is 756. The predicted molar refractivity (Wildman–Crippen MR) is 98.7 cm³/mol. The Morgan fingerprint density at radius 1 is 1.22 bits per heavy atom. The van der Waals surface area contributed by atoms with Crippen molar-refractivity contribution >= 4 is 16.0 Å². The van der Waals surface area contributed by atoms with Gasteiger partial charge in [-0.15, -0.1) is 0 Å². The van der Waals surface area contributed by atoms with E-state index in [9.17, 15) is 13.2 Å². The van der Waals surface area contributed by atoms with Crippen LogP contribution in [-0.4, -0.2) is 67.6 Å². The number of esters is 1. The van der Waals surface area contributed by atoms with Crippen molar-refractivity contribution in [2.24, 2.45) is 5.92 Å². The van der Waals surface area contributed by atoms with Gasteiger partial charge in [0.25, 0.3) is 0 Å².